The monoisotopic (exact) mass is 383 g/mol. The first-order chi connectivity index (χ1) is 13.2. The topological polar surface area (TPSA) is 105 Å². The summed E-state index contributed by atoms with van der Waals surface area (Å²) in [6.07, 6.45) is 3.25. The maximum Gasteiger partial charge on any atom is 0.282 e. The van der Waals surface area contributed by atoms with Gasteiger partial charge in [0, 0.05) is 5.56 Å². The smallest absolute Gasteiger partial charge is 0.282 e. The van der Waals surface area contributed by atoms with Crippen molar-refractivity contribution < 1.29 is 14.4 Å². The van der Waals surface area contributed by atoms with E-state index < -0.39 is 4.92 Å². The Kier molecular flexibility index (Phi) is 4.47. The van der Waals surface area contributed by atoms with Gasteiger partial charge in [-0.2, -0.15) is 9.78 Å². The molecule has 0 unspecified atom stereocenters. The molecule has 0 N–H and O–H groups in total. The van der Waals surface area contributed by atoms with Crippen LogP contribution in [0.3, 0.4) is 0 Å². The highest BCUT2D eigenvalue weighted by molar-refractivity contribution is 7.98. The Morgan fingerprint density at radius 3 is 2.67 bits per heavy atom. The minimum atomic E-state index is -0.483. The Morgan fingerprint density at radius 2 is 1.96 bits per heavy atom. The number of nitrogens with zero attached hydrogens (tertiary/aromatic N) is 5. The molecule has 2 aromatic carbocycles. The second-order valence-corrected chi connectivity index (χ2v) is 6.23. The van der Waals surface area contributed by atoms with Crippen molar-refractivity contribution in [1.29, 1.82) is 0 Å². The van der Waals surface area contributed by atoms with Crippen LogP contribution in [0.4, 0.5) is 5.69 Å². The number of ether oxygens (including phenoxy) is 2. The van der Waals surface area contributed by atoms with Crippen molar-refractivity contribution in [1.82, 2.24) is 14.9 Å². The van der Waals surface area contributed by atoms with E-state index >= 15 is 0 Å². The summed E-state index contributed by atoms with van der Waals surface area (Å²) in [4.78, 5) is 10.9. The third-order valence-electron chi connectivity index (χ3n) is 3.86. The van der Waals surface area contributed by atoms with Crippen molar-refractivity contribution in [3.05, 3.63) is 58.1 Å². The van der Waals surface area contributed by atoms with Gasteiger partial charge in [-0.1, -0.05) is 42.1 Å². The summed E-state index contributed by atoms with van der Waals surface area (Å²) in [7, 11) is 0. The minimum absolute atomic E-state index is 0.0350. The Hall–Kier alpha value is -3.40. The van der Waals surface area contributed by atoms with Crippen LogP contribution in [-0.2, 0) is 0 Å². The molecular weight excluding hydrogens is 370 g/mol. The summed E-state index contributed by atoms with van der Waals surface area (Å²) < 4.78 is 12.1. The lowest BCUT2D eigenvalue weighted by atomic mass is 10.1. The van der Waals surface area contributed by atoms with E-state index in [2.05, 4.69) is 15.3 Å². The van der Waals surface area contributed by atoms with Gasteiger partial charge >= 0.3 is 0 Å². The molecule has 0 saturated heterocycles. The van der Waals surface area contributed by atoms with Gasteiger partial charge in [-0.3, -0.25) is 10.1 Å². The lowest BCUT2D eigenvalue weighted by Crippen LogP contribution is -1.99. The summed E-state index contributed by atoms with van der Waals surface area (Å²) in [5, 5.41) is 24.7. The second-order valence-electron chi connectivity index (χ2n) is 5.45. The summed E-state index contributed by atoms with van der Waals surface area (Å²) >= 11 is 1.37. The molecule has 4 rings (SSSR count). The van der Waals surface area contributed by atoms with E-state index in [9.17, 15) is 10.1 Å². The number of fused-ring (bicyclic) bond motifs is 1. The van der Waals surface area contributed by atoms with Crippen molar-refractivity contribution in [3.63, 3.8) is 0 Å². The van der Waals surface area contributed by atoms with Crippen LogP contribution in [-0.4, -0.2) is 39.1 Å². The third kappa shape index (κ3) is 3.22. The minimum Gasteiger partial charge on any atom is -0.454 e. The molecule has 10 heteroatoms. The first-order valence-corrected chi connectivity index (χ1v) is 9.07. The standard InChI is InChI=1S/C17H13N5O4S/c1-27-17-20-19-16(11-5-3-2-4-6-11)21(17)18-9-12-7-14-15(26-10-25-14)8-13(12)22(23)24/h2-9H,10H2,1H3/b18-9+. The van der Waals surface area contributed by atoms with E-state index in [4.69, 9.17) is 9.47 Å². The molecular formula is C17H13N5O4S. The number of nitro benzene ring substituents is 1. The van der Waals surface area contributed by atoms with Gasteiger partial charge in [0.25, 0.3) is 5.69 Å². The third-order valence-corrected chi connectivity index (χ3v) is 4.48. The van der Waals surface area contributed by atoms with Crippen LogP contribution in [0, 0.1) is 10.1 Å². The predicted molar refractivity (Wildman–Crippen MR) is 99.5 cm³/mol. The zero-order chi connectivity index (χ0) is 18.8. The van der Waals surface area contributed by atoms with Crippen LogP contribution in [0.1, 0.15) is 5.56 Å². The average molecular weight is 383 g/mol. The maximum atomic E-state index is 11.4. The number of nitro groups is 1. The van der Waals surface area contributed by atoms with Gasteiger partial charge in [-0.05, 0) is 12.3 Å². The molecule has 0 spiro atoms. The molecule has 0 atom stereocenters. The molecule has 2 heterocycles. The molecule has 3 aromatic rings. The van der Waals surface area contributed by atoms with Gasteiger partial charge in [-0.15, -0.1) is 10.2 Å². The van der Waals surface area contributed by atoms with Gasteiger partial charge < -0.3 is 9.47 Å². The second kappa shape index (κ2) is 7.08. The predicted octanol–water partition coefficient (Wildman–Crippen LogP) is 3.19. The van der Waals surface area contributed by atoms with E-state index in [1.54, 1.807) is 4.68 Å². The highest BCUT2D eigenvalue weighted by atomic mass is 32.2. The van der Waals surface area contributed by atoms with Crippen LogP contribution < -0.4 is 9.47 Å². The van der Waals surface area contributed by atoms with Crippen molar-refractivity contribution >= 4 is 23.7 Å². The molecule has 1 aromatic heterocycles. The van der Waals surface area contributed by atoms with E-state index in [-0.39, 0.29) is 12.5 Å². The Labute approximate surface area is 157 Å². The number of hydrogen-bond donors (Lipinski definition) is 0. The Balaban J connectivity index is 1.78. The van der Waals surface area contributed by atoms with Crippen LogP contribution in [0.5, 0.6) is 11.5 Å². The fourth-order valence-electron chi connectivity index (χ4n) is 2.59. The number of benzene rings is 2. The number of thioether (sulfide) groups is 1. The van der Waals surface area contributed by atoms with Gasteiger partial charge in [0.15, 0.2) is 17.3 Å². The van der Waals surface area contributed by atoms with Crippen LogP contribution in [0.15, 0.2) is 52.7 Å². The zero-order valence-corrected chi connectivity index (χ0v) is 14.9. The first-order valence-electron chi connectivity index (χ1n) is 7.84. The van der Waals surface area contributed by atoms with Crippen molar-refractivity contribution in [2.24, 2.45) is 5.10 Å². The molecule has 0 radical (unpaired) electrons. The van der Waals surface area contributed by atoms with E-state index in [0.717, 1.165) is 5.56 Å². The lowest BCUT2D eigenvalue weighted by Gasteiger charge is -2.04. The summed E-state index contributed by atoms with van der Waals surface area (Å²) in [6, 6.07) is 12.3. The normalized spacial score (nSPS) is 12.6. The van der Waals surface area contributed by atoms with Crippen molar-refractivity contribution in [3.8, 4) is 22.9 Å². The molecule has 136 valence electrons. The SMILES string of the molecule is CSc1nnc(-c2ccccc2)n1/N=C/c1cc2c(cc1[N+](=O)[O-])OCO2. The van der Waals surface area contributed by atoms with Crippen LogP contribution in [0.2, 0.25) is 0 Å². The fourth-order valence-corrected chi connectivity index (χ4v) is 3.02. The zero-order valence-electron chi connectivity index (χ0n) is 14.1. The molecule has 0 bridgehead atoms. The molecule has 1 aliphatic heterocycles. The summed E-state index contributed by atoms with van der Waals surface area (Å²) in [6.45, 7) is 0.0350. The quantitative estimate of drug-likeness (QED) is 0.288. The largest absolute Gasteiger partial charge is 0.454 e. The average Bonchev–Trinajstić information content (AvgIpc) is 3.32. The van der Waals surface area contributed by atoms with E-state index in [0.29, 0.717) is 28.0 Å². The van der Waals surface area contributed by atoms with Crippen LogP contribution >= 0.6 is 11.8 Å². The highest BCUT2D eigenvalue weighted by Crippen LogP contribution is 2.37. The van der Waals surface area contributed by atoms with Crippen molar-refractivity contribution in [2.45, 2.75) is 5.16 Å². The van der Waals surface area contributed by atoms with Crippen LogP contribution in [0.25, 0.3) is 11.4 Å². The highest BCUT2D eigenvalue weighted by Gasteiger charge is 2.23. The molecule has 0 saturated carbocycles. The number of aromatic nitrogens is 3. The first kappa shape index (κ1) is 17.0. The number of rotatable bonds is 5. The molecule has 1 aliphatic rings. The van der Waals surface area contributed by atoms with Gasteiger partial charge in [0.2, 0.25) is 11.9 Å². The summed E-state index contributed by atoms with van der Waals surface area (Å²) in [5.74, 6) is 1.33. The molecule has 27 heavy (non-hydrogen) atoms. The van der Waals surface area contributed by atoms with Gasteiger partial charge in [0.1, 0.15) is 0 Å². The summed E-state index contributed by atoms with van der Waals surface area (Å²) in [5.41, 5.74) is 1.01. The van der Waals surface area contributed by atoms with E-state index in [1.165, 1.54) is 30.1 Å². The van der Waals surface area contributed by atoms with Gasteiger partial charge in [0.05, 0.1) is 22.8 Å². The molecule has 0 amide bonds. The van der Waals surface area contributed by atoms with Crippen molar-refractivity contribution in [2.75, 3.05) is 13.0 Å². The van der Waals surface area contributed by atoms with Gasteiger partial charge in [-0.25, -0.2) is 0 Å². The fraction of sp³-hybridized carbons (Fsp3) is 0.118. The number of hydrogen-bond acceptors (Lipinski definition) is 8. The Morgan fingerprint density at radius 1 is 1.22 bits per heavy atom. The molecule has 9 nitrogen and oxygen atoms in total. The maximum absolute atomic E-state index is 11.4. The molecule has 0 fully saturated rings. The Bertz CT molecular complexity index is 1040. The lowest BCUT2D eigenvalue weighted by molar-refractivity contribution is -0.385. The van der Waals surface area contributed by atoms with E-state index in [1.807, 2.05) is 36.6 Å². The molecule has 0 aliphatic carbocycles.